The van der Waals surface area contributed by atoms with Gasteiger partial charge in [-0.2, -0.15) is 4.31 Å². The highest BCUT2D eigenvalue weighted by atomic mass is 79.9. The molecule has 1 amide bonds. The maximum atomic E-state index is 12.6. The first-order valence-corrected chi connectivity index (χ1v) is 13.0. The summed E-state index contributed by atoms with van der Waals surface area (Å²) in [5.74, 6) is -0.332. The van der Waals surface area contributed by atoms with Gasteiger partial charge in [-0.3, -0.25) is 10.1 Å². The number of piperazine rings is 1. The number of sulfonamides is 1. The number of benzene rings is 1. The Labute approximate surface area is 193 Å². The van der Waals surface area contributed by atoms with Gasteiger partial charge >= 0.3 is 0 Å². The van der Waals surface area contributed by atoms with Crippen LogP contribution in [0.1, 0.15) is 10.5 Å². The van der Waals surface area contributed by atoms with Crippen molar-refractivity contribution >= 4 is 54.0 Å². The van der Waals surface area contributed by atoms with Crippen LogP contribution in [0.3, 0.4) is 0 Å². The number of anilines is 2. The molecule has 1 saturated heterocycles. The molecular weight excluding hydrogens is 502 g/mol. The van der Waals surface area contributed by atoms with Crippen LogP contribution in [0.5, 0.6) is 0 Å². The lowest BCUT2D eigenvalue weighted by Crippen LogP contribution is -2.48. The Hall–Kier alpha value is -2.34. The molecule has 0 bridgehead atoms. The minimum atomic E-state index is -3.17. The van der Waals surface area contributed by atoms with Crippen molar-refractivity contribution in [3.05, 3.63) is 58.1 Å². The zero-order valence-corrected chi connectivity index (χ0v) is 19.9. The molecule has 11 heteroatoms. The van der Waals surface area contributed by atoms with E-state index in [4.69, 9.17) is 0 Å². The fourth-order valence-electron chi connectivity index (χ4n) is 3.27. The summed E-state index contributed by atoms with van der Waals surface area (Å²) >= 11 is 4.86. The number of nitrogens with one attached hydrogen (secondary N) is 1. The number of aromatic nitrogens is 2. The molecule has 0 radical (unpaired) electrons. The first-order chi connectivity index (χ1) is 14.8. The molecule has 1 fully saturated rings. The normalized spacial score (nSPS) is 15.1. The molecule has 1 aliphatic rings. The summed E-state index contributed by atoms with van der Waals surface area (Å²) in [5.41, 5.74) is 2.88. The molecular formula is C20H20BrN5O3S2. The molecule has 1 aliphatic heterocycles. The predicted molar refractivity (Wildman–Crippen MR) is 126 cm³/mol. The average Bonchev–Trinajstić information content (AvgIpc) is 3.22. The number of halogens is 1. The van der Waals surface area contributed by atoms with Crippen LogP contribution >= 0.6 is 27.3 Å². The highest BCUT2D eigenvalue weighted by Gasteiger charge is 2.23. The Bertz CT molecular complexity index is 1190. The van der Waals surface area contributed by atoms with Crippen molar-refractivity contribution in [1.29, 1.82) is 0 Å². The number of carbonyl (C=O) groups is 1. The predicted octanol–water partition coefficient (Wildman–Crippen LogP) is 3.30. The third-order valence-corrected chi connectivity index (χ3v) is 7.68. The van der Waals surface area contributed by atoms with Crippen molar-refractivity contribution in [3.63, 3.8) is 0 Å². The zero-order chi connectivity index (χ0) is 22.0. The molecule has 8 nitrogen and oxygen atoms in total. The second kappa shape index (κ2) is 9.03. The van der Waals surface area contributed by atoms with Crippen LogP contribution in [0.2, 0.25) is 0 Å². The maximum absolute atomic E-state index is 12.6. The molecule has 162 valence electrons. The molecule has 0 saturated carbocycles. The minimum absolute atomic E-state index is 0.288. The van der Waals surface area contributed by atoms with Crippen molar-refractivity contribution in [2.24, 2.45) is 0 Å². The van der Waals surface area contributed by atoms with Crippen LogP contribution in [0, 0.1) is 0 Å². The van der Waals surface area contributed by atoms with Gasteiger partial charge in [-0.25, -0.2) is 18.4 Å². The molecule has 31 heavy (non-hydrogen) atoms. The standard InChI is InChI=1S/C20H20BrN5O3S2/c1-31(28,29)26-10-8-25(9-11-26)14-6-7-17(22-12-14)19(27)24-20-23-18(13-30-20)15-4-2-3-5-16(15)21/h2-7,12-13H,8-11H2,1H3,(H,23,24,27). The maximum Gasteiger partial charge on any atom is 0.276 e. The van der Waals surface area contributed by atoms with Gasteiger partial charge < -0.3 is 4.90 Å². The molecule has 0 atom stereocenters. The second-order valence-corrected chi connectivity index (χ2v) is 10.7. The fourth-order valence-corrected chi connectivity index (χ4v) is 5.29. The Morgan fingerprint density at radius 2 is 1.87 bits per heavy atom. The van der Waals surface area contributed by atoms with Gasteiger partial charge in [0.2, 0.25) is 10.0 Å². The molecule has 3 aromatic rings. The summed E-state index contributed by atoms with van der Waals surface area (Å²) < 4.78 is 25.7. The fraction of sp³-hybridized carbons (Fsp3) is 0.250. The second-order valence-electron chi connectivity index (χ2n) is 7.02. The lowest BCUT2D eigenvalue weighted by Gasteiger charge is -2.34. The number of amides is 1. The quantitative estimate of drug-likeness (QED) is 0.553. The van der Waals surface area contributed by atoms with E-state index in [0.29, 0.717) is 31.3 Å². The minimum Gasteiger partial charge on any atom is -0.368 e. The van der Waals surface area contributed by atoms with Crippen molar-refractivity contribution in [2.75, 3.05) is 42.7 Å². The largest absolute Gasteiger partial charge is 0.368 e. The lowest BCUT2D eigenvalue weighted by molar-refractivity contribution is 0.102. The topological polar surface area (TPSA) is 95.5 Å². The van der Waals surface area contributed by atoms with Gasteiger partial charge in [0.05, 0.1) is 23.8 Å². The Morgan fingerprint density at radius 3 is 2.52 bits per heavy atom. The van der Waals surface area contributed by atoms with Crippen LogP contribution < -0.4 is 10.2 Å². The SMILES string of the molecule is CS(=O)(=O)N1CCN(c2ccc(C(=O)Nc3nc(-c4ccccc4Br)cs3)nc2)CC1. The van der Waals surface area contributed by atoms with E-state index in [1.807, 2.05) is 35.7 Å². The lowest BCUT2D eigenvalue weighted by atomic mass is 10.2. The van der Waals surface area contributed by atoms with Gasteiger partial charge in [0, 0.05) is 41.6 Å². The average molecular weight is 522 g/mol. The number of hydrogen-bond acceptors (Lipinski definition) is 7. The van der Waals surface area contributed by atoms with Crippen LogP contribution in [-0.2, 0) is 10.0 Å². The van der Waals surface area contributed by atoms with E-state index < -0.39 is 10.0 Å². The van der Waals surface area contributed by atoms with E-state index in [0.717, 1.165) is 21.4 Å². The van der Waals surface area contributed by atoms with Gasteiger partial charge in [-0.05, 0) is 18.2 Å². The van der Waals surface area contributed by atoms with E-state index in [-0.39, 0.29) is 11.6 Å². The third kappa shape index (κ3) is 5.12. The molecule has 0 unspecified atom stereocenters. The van der Waals surface area contributed by atoms with E-state index >= 15 is 0 Å². The summed E-state index contributed by atoms with van der Waals surface area (Å²) in [5, 5.41) is 5.18. The summed E-state index contributed by atoms with van der Waals surface area (Å²) in [4.78, 5) is 23.4. The van der Waals surface area contributed by atoms with Crippen LogP contribution in [0.25, 0.3) is 11.3 Å². The van der Waals surface area contributed by atoms with E-state index in [1.165, 1.54) is 21.9 Å². The summed E-state index contributed by atoms with van der Waals surface area (Å²) in [6.45, 7) is 2.03. The van der Waals surface area contributed by atoms with Crippen molar-refractivity contribution in [3.8, 4) is 11.3 Å². The van der Waals surface area contributed by atoms with Gasteiger partial charge in [0.1, 0.15) is 5.69 Å². The first-order valence-electron chi connectivity index (χ1n) is 9.49. The van der Waals surface area contributed by atoms with Crippen molar-refractivity contribution < 1.29 is 13.2 Å². The van der Waals surface area contributed by atoms with Crippen molar-refractivity contribution in [2.45, 2.75) is 0 Å². The number of nitrogens with zero attached hydrogens (tertiary/aromatic N) is 4. The number of hydrogen-bond donors (Lipinski definition) is 1. The number of rotatable bonds is 5. The number of thiazole rings is 1. The highest BCUT2D eigenvalue weighted by Crippen LogP contribution is 2.30. The monoisotopic (exact) mass is 521 g/mol. The Morgan fingerprint density at radius 1 is 1.13 bits per heavy atom. The molecule has 4 rings (SSSR count). The van der Waals surface area contributed by atoms with Crippen LogP contribution in [-0.4, -0.2) is 61.0 Å². The smallest absolute Gasteiger partial charge is 0.276 e. The molecule has 0 spiro atoms. The third-order valence-electron chi connectivity index (χ3n) is 4.93. The van der Waals surface area contributed by atoms with Gasteiger partial charge in [-0.1, -0.05) is 34.1 Å². The Kier molecular flexibility index (Phi) is 6.37. The molecule has 0 aliphatic carbocycles. The van der Waals surface area contributed by atoms with Crippen LogP contribution in [0.15, 0.2) is 52.4 Å². The van der Waals surface area contributed by atoms with Crippen LogP contribution in [0.4, 0.5) is 10.8 Å². The van der Waals surface area contributed by atoms with E-state index in [9.17, 15) is 13.2 Å². The van der Waals surface area contributed by atoms with Gasteiger partial charge in [0.15, 0.2) is 5.13 Å². The summed E-state index contributed by atoms with van der Waals surface area (Å²) in [7, 11) is -3.17. The first kappa shape index (κ1) is 21.9. The molecule has 1 N–H and O–H groups in total. The highest BCUT2D eigenvalue weighted by molar-refractivity contribution is 9.10. The van der Waals surface area contributed by atoms with Gasteiger partial charge in [-0.15, -0.1) is 11.3 Å². The number of carbonyl (C=O) groups excluding carboxylic acids is 1. The number of pyridine rings is 1. The van der Waals surface area contributed by atoms with Gasteiger partial charge in [0.25, 0.3) is 5.91 Å². The van der Waals surface area contributed by atoms with Crippen molar-refractivity contribution in [1.82, 2.24) is 14.3 Å². The molecule has 1 aromatic carbocycles. The molecule has 2 aromatic heterocycles. The van der Waals surface area contributed by atoms with E-state index in [2.05, 4.69) is 36.1 Å². The Balaban J connectivity index is 1.39. The zero-order valence-electron chi connectivity index (χ0n) is 16.7. The molecule has 3 heterocycles. The van der Waals surface area contributed by atoms with E-state index in [1.54, 1.807) is 12.3 Å². The summed E-state index contributed by atoms with van der Waals surface area (Å²) in [6.07, 6.45) is 2.86. The summed E-state index contributed by atoms with van der Waals surface area (Å²) in [6, 6.07) is 11.3.